The van der Waals surface area contributed by atoms with Crippen LogP contribution in [0.2, 0.25) is 0 Å². The van der Waals surface area contributed by atoms with Gasteiger partial charge in [0.15, 0.2) is 0 Å². The van der Waals surface area contributed by atoms with Gasteiger partial charge in [-0.1, -0.05) is 53.4 Å². The van der Waals surface area contributed by atoms with Gasteiger partial charge in [0.05, 0.1) is 0 Å². The number of rotatable bonds is 12. The molecule has 2 atom stereocenters. The van der Waals surface area contributed by atoms with Crippen molar-refractivity contribution in [2.24, 2.45) is 11.8 Å². The summed E-state index contributed by atoms with van der Waals surface area (Å²) in [5.74, 6) is -0.505. The summed E-state index contributed by atoms with van der Waals surface area (Å²) >= 11 is 0. The van der Waals surface area contributed by atoms with Crippen LogP contribution in [0.1, 0.15) is 93.9 Å². The number of hydrogen-bond acceptors (Lipinski definition) is 4. The van der Waals surface area contributed by atoms with Gasteiger partial charge in [-0.3, -0.25) is 0 Å². The monoisotopic (exact) mass is 368 g/mol. The molecule has 4 nitrogen and oxygen atoms in total. The Kier molecular flexibility index (Phi) is 10.8. The van der Waals surface area contributed by atoms with Crippen LogP contribution in [0.4, 0.5) is 0 Å². The van der Waals surface area contributed by atoms with Crippen LogP contribution in [0.3, 0.4) is 0 Å². The fourth-order valence-electron chi connectivity index (χ4n) is 2.64. The molecule has 0 spiro atoms. The molecule has 2 unspecified atom stereocenters. The summed E-state index contributed by atoms with van der Waals surface area (Å²) in [5, 5.41) is 0. The van der Waals surface area contributed by atoms with Gasteiger partial charge >= 0.3 is 11.9 Å². The van der Waals surface area contributed by atoms with Gasteiger partial charge < -0.3 is 9.47 Å². The molecule has 0 bridgehead atoms. The molecule has 0 N–H and O–H groups in total. The molecule has 0 amide bonds. The van der Waals surface area contributed by atoms with E-state index in [0.717, 1.165) is 38.5 Å². The van der Waals surface area contributed by atoms with Crippen molar-refractivity contribution in [1.82, 2.24) is 0 Å². The van der Waals surface area contributed by atoms with Crippen LogP contribution in [0.25, 0.3) is 0 Å². The van der Waals surface area contributed by atoms with Crippen LogP contribution in [0, 0.1) is 11.8 Å². The van der Waals surface area contributed by atoms with Crippen LogP contribution in [-0.4, -0.2) is 23.1 Å². The van der Waals surface area contributed by atoms with Crippen molar-refractivity contribution in [3.8, 4) is 0 Å². The third-order valence-corrected chi connectivity index (χ3v) is 5.44. The number of carbonyl (C=O) groups is 2. The molecule has 4 heteroatoms. The fourth-order valence-corrected chi connectivity index (χ4v) is 2.64. The van der Waals surface area contributed by atoms with Gasteiger partial charge in [0.2, 0.25) is 0 Å². The van der Waals surface area contributed by atoms with E-state index in [1.807, 2.05) is 27.7 Å². The number of esters is 2. The maximum absolute atomic E-state index is 12.1. The van der Waals surface area contributed by atoms with Gasteiger partial charge in [-0.25, -0.2) is 9.59 Å². The maximum Gasteiger partial charge on any atom is 0.331 e. The Bertz CT molecular complexity index is 421. The largest absolute Gasteiger partial charge is 0.456 e. The molecule has 0 saturated heterocycles. The molecule has 0 aliphatic heterocycles. The lowest BCUT2D eigenvalue weighted by atomic mass is 9.88. The van der Waals surface area contributed by atoms with E-state index in [1.54, 1.807) is 0 Å². The van der Waals surface area contributed by atoms with Gasteiger partial charge in [0.1, 0.15) is 11.2 Å². The number of ether oxygens (including phenoxy) is 2. The Balaban J connectivity index is 4.60. The van der Waals surface area contributed by atoms with Crippen LogP contribution in [0.5, 0.6) is 0 Å². The van der Waals surface area contributed by atoms with E-state index in [1.165, 1.54) is 12.2 Å². The van der Waals surface area contributed by atoms with Gasteiger partial charge in [-0.05, 0) is 52.4 Å². The second kappa shape index (κ2) is 11.4. The highest BCUT2D eigenvalue weighted by atomic mass is 16.6. The smallest absolute Gasteiger partial charge is 0.331 e. The van der Waals surface area contributed by atoms with Gasteiger partial charge in [0.25, 0.3) is 0 Å². The third-order valence-electron chi connectivity index (χ3n) is 5.44. The summed E-state index contributed by atoms with van der Waals surface area (Å²) in [6, 6.07) is 0. The predicted molar refractivity (Wildman–Crippen MR) is 107 cm³/mol. The molecule has 26 heavy (non-hydrogen) atoms. The first-order valence-corrected chi connectivity index (χ1v) is 10.1. The van der Waals surface area contributed by atoms with Crippen molar-refractivity contribution in [2.45, 2.75) is 105 Å². The van der Waals surface area contributed by atoms with Crippen LogP contribution in [-0.2, 0) is 19.1 Å². The minimum absolute atomic E-state index is 0.255. The average molecular weight is 369 g/mol. The fraction of sp³-hybridized carbons (Fsp3) is 0.818. The van der Waals surface area contributed by atoms with Gasteiger partial charge in [-0.2, -0.15) is 0 Å². The minimum Gasteiger partial charge on any atom is -0.456 e. The number of hydrogen-bond donors (Lipinski definition) is 0. The van der Waals surface area contributed by atoms with Crippen molar-refractivity contribution in [3.63, 3.8) is 0 Å². The first-order valence-electron chi connectivity index (χ1n) is 10.1. The average Bonchev–Trinajstić information content (AvgIpc) is 2.54. The summed E-state index contributed by atoms with van der Waals surface area (Å²) in [7, 11) is 0. The van der Waals surface area contributed by atoms with Crippen molar-refractivity contribution in [2.75, 3.05) is 0 Å². The normalized spacial score (nSPS) is 14.9. The Morgan fingerprint density at radius 3 is 1.35 bits per heavy atom. The summed E-state index contributed by atoms with van der Waals surface area (Å²) in [6.07, 6.45) is 8.80. The van der Waals surface area contributed by atoms with Gasteiger partial charge in [0, 0.05) is 12.2 Å². The summed E-state index contributed by atoms with van der Waals surface area (Å²) in [5.41, 5.74) is -1.12. The lowest BCUT2D eigenvalue weighted by molar-refractivity contribution is -0.158. The first kappa shape index (κ1) is 24.7. The van der Waals surface area contributed by atoms with Gasteiger partial charge in [-0.15, -0.1) is 0 Å². The molecule has 0 fully saturated rings. The topological polar surface area (TPSA) is 52.6 Å². The Morgan fingerprint density at radius 2 is 1.08 bits per heavy atom. The summed E-state index contributed by atoms with van der Waals surface area (Å²) < 4.78 is 11.1. The number of carbonyl (C=O) groups excluding carboxylic acids is 2. The Labute approximate surface area is 160 Å². The molecule has 0 radical (unpaired) electrons. The van der Waals surface area contributed by atoms with E-state index >= 15 is 0 Å². The summed E-state index contributed by atoms with van der Waals surface area (Å²) in [6.45, 7) is 16.1. The van der Waals surface area contributed by atoms with E-state index in [2.05, 4.69) is 27.7 Å². The van der Waals surface area contributed by atoms with E-state index in [4.69, 9.17) is 9.47 Å². The molecule has 0 aromatic heterocycles. The van der Waals surface area contributed by atoms with Crippen molar-refractivity contribution in [1.29, 1.82) is 0 Å². The minimum atomic E-state index is -0.561. The first-order chi connectivity index (χ1) is 12.0. The molecule has 0 aromatic carbocycles. The van der Waals surface area contributed by atoms with Crippen LogP contribution in [0.15, 0.2) is 12.2 Å². The molecule has 0 heterocycles. The number of unbranched alkanes of at least 4 members (excludes halogenated alkanes) is 2. The Morgan fingerprint density at radius 1 is 0.769 bits per heavy atom. The van der Waals surface area contributed by atoms with Crippen LogP contribution < -0.4 is 0 Å². The summed E-state index contributed by atoms with van der Waals surface area (Å²) in [4.78, 5) is 24.1. The highest BCUT2D eigenvalue weighted by Gasteiger charge is 2.30. The van der Waals surface area contributed by atoms with E-state index in [9.17, 15) is 9.59 Å². The lowest BCUT2D eigenvalue weighted by Gasteiger charge is -2.31. The molecular weight excluding hydrogens is 328 g/mol. The molecular formula is C22H40O4. The second-order valence-electron chi connectivity index (χ2n) is 8.47. The zero-order valence-corrected chi connectivity index (χ0v) is 18.2. The quantitative estimate of drug-likeness (QED) is 0.321. The van der Waals surface area contributed by atoms with Crippen molar-refractivity contribution in [3.05, 3.63) is 12.2 Å². The standard InChI is InChI=1S/C22H40O4/c1-9-11-13-17(3)21(5,6)25-19(23)15-16-20(24)26-22(7,8)18(4)14-12-10-2/h15-18H,9-14H2,1-8H3. The third kappa shape index (κ3) is 9.40. The molecule has 152 valence electrons. The second-order valence-corrected chi connectivity index (χ2v) is 8.47. The zero-order chi connectivity index (χ0) is 20.4. The molecule has 0 aliphatic carbocycles. The highest BCUT2D eigenvalue weighted by molar-refractivity contribution is 5.92. The molecule has 0 saturated carbocycles. The lowest BCUT2D eigenvalue weighted by Crippen LogP contribution is -2.35. The van der Waals surface area contributed by atoms with E-state index in [-0.39, 0.29) is 11.8 Å². The van der Waals surface area contributed by atoms with E-state index in [0.29, 0.717) is 0 Å². The van der Waals surface area contributed by atoms with Crippen molar-refractivity contribution < 1.29 is 19.1 Å². The van der Waals surface area contributed by atoms with Crippen molar-refractivity contribution >= 4 is 11.9 Å². The predicted octanol–water partition coefficient (Wildman–Crippen LogP) is 5.84. The molecule has 0 rings (SSSR count). The molecule has 0 aromatic rings. The Hall–Kier alpha value is -1.32. The molecule has 0 aliphatic rings. The maximum atomic E-state index is 12.1. The highest BCUT2D eigenvalue weighted by Crippen LogP contribution is 2.27. The van der Waals surface area contributed by atoms with E-state index < -0.39 is 23.1 Å². The SMILES string of the molecule is CCCCC(C)C(C)(C)OC(=O)C=CC(=O)OC(C)(C)C(C)CCCC. The van der Waals surface area contributed by atoms with Crippen LogP contribution >= 0.6 is 0 Å². The zero-order valence-electron chi connectivity index (χ0n) is 18.2.